The molecule has 12 nitrogen and oxygen atoms in total. The first-order chi connectivity index (χ1) is 18.5. The van der Waals surface area contributed by atoms with E-state index < -0.39 is 47.9 Å². The number of hydrogen-bond acceptors (Lipinski definition) is 8. The molecule has 0 saturated carbocycles. The summed E-state index contributed by atoms with van der Waals surface area (Å²) in [6, 6.07) is 2.00. The number of nitrogens with one attached hydrogen (secondary N) is 4. The van der Waals surface area contributed by atoms with Gasteiger partial charge >= 0.3 is 5.97 Å². The number of aromatic hydroxyl groups is 1. The highest BCUT2D eigenvalue weighted by atomic mass is 32.2. The zero-order valence-corrected chi connectivity index (χ0v) is 23.2. The van der Waals surface area contributed by atoms with Crippen molar-refractivity contribution in [3.05, 3.63) is 48.0 Å². The fourth-order valence-electron chi connectivity index (χ4n) is 3.72. The van der Waals surface area contributed by atoms with Crippen LogP contribution in [-0.2, 0) is 32.0 Å². The number of carboxylic acids is 1. The molecule has 13 heteroatoms. The number of nitrogens with two attached hydrogens (primary N) is 1. The van der Waals surface area contributed by atoms with Crippen LogP contribution >= 0.6 is 11.8 Å². The molecule has 2 rings (SSSR count). The van der Waals surface area contributed by atoms with Gasteiger partial charge in [0.05, 0.1) is 12.4 Å². The Bertz CT molecular complexity index is 1080. The van der Waals surface area contributed by atoms with Crippen LogP contribution in [0.15, 0.2) is 36.8 Å². The quantitative estimate of drug-likeness (QED) is 0.153. The summed E-state index contributed by atoms with van der Waals surface area (Å²) in [5.74, 6) is -2.55. The van der Waals surface area contributed by atoms with Gasteiger partial charge in [-0.2, -0.15) is 11.8 Å². The fourth-order valence-corrected chi connectivity index (χ4v) is 4.19. The van der Waals surface area contributed by atoms with E-state index in [1.807, 2.05) is 20.1 Å². The number of amides is 3. The lowest BCUT2D eigenvalue weighted by atomic mass is 9.98. The van der Waals surface area contributed by atoms with Gasteiger partial charge in [0.25, 0.3) is 0 Å². The summed E-state index contributed by atoms with van der Waals surface area (Å²) in [5.41, 5.74) is 7.28. The van der Waals surface area contributed by atoms with E-state index in [1.54, 1.807) is 12.1 Å². The summed E-state index contributed by atoms with van der Waals surface area (Å²) in [5, 5.41) is 27.1. The van der Waals surface area contributed by atoms with Crippen molar-refractivity contribution in [2.24, 2.45) is 11.7 Å². The van der Waals surface area contributed by atoms with Gasteiger partial charge in [0.15, 0.2) is 0 Å². The Morgan fingerprint density at radius 2 is 1.62 bits per heavy atom. The van der Waals surface area contributed by atoms with Crippen molar-refractivity contribution in [1.29, 1.82) is 0 Å². The topological polar surface area (TPSA) is 200 Å². The molecule has 8 N–H and O–H groups in total. The van der Waals surface area contributed by atoms with Crippen molar-refractivity contribution in [3.63, 3.8) is 0 Å². The highest BCUT2D eigenvalue weighted by Gasteiger charge is 2.31. The molecule has 214 valence electrons. The number of phenolic OH excluding ortho intramolecular Hbond substituents is 1. The maximum atomic E-state index is 13.4. The first-order valence-electron chi connectivity index (χ1n) is 12.7. The van der Waals surface area contributed by atoms with Crippen molar-refractivity contribution >= 4 is 35.5 Å². The average molecular weight is 563 g/mol. The molecule has 0 saturated heterocycles. The molecular formula is C26H38N6O6S. The number of phenols is 1. The molecule has 0 aliphatic heterocycles. The van der Waals surface area contributed by atoms with Crippen molar-refractivity contribution in [2.45, 2.75) is 63.7 Å². The fraction of sp³-hybridized carbons (Fsp3) is 0.500. The van der Waals surface area contributed by atoms with Gasteiger partial charge < -0.3 is 36.9 Å². The standard InChI is InChI=1S/C26H38N6O6S/c1-4-15(2)22(27)25(36)31-20(11-16-5-7-18(33)8-6-16)24(35)30-19(9-10-39-3)23(34)32-21(26(37)38)12-17-13-28-14-29-17/h5-8,13-15,19-22,33H,4,9-12,27H2,1-3H3,(H,28,29)(H,30,35)(H,31,36)(H,32,34)(H,37,38). The number of rotatable bonds is 16. The number of carbonyl (C=O) groups excluding carboxylic acids is 3. The number of hydrogen-bond donors (Lipinski definition) is 7. The predicted molar refractivity (Wildman–Crippen MR) is 148 cm³/mol. The Labute approximate surface area is 231 Å². The summed E-state index contributed by atoms with van der Waals surface area (Å²) in [4.78, 5) is 57.9. The molecule has 3 amide bonds. The maximum Gasteiger partial charge on any atom is 0.326 e. The summed E-state index contributed by atoms with van der Waals surface area (Å²) in [6.07, 6.45) is 5.70. The Balaban J connectivity index is 2.22. The minimum absolute atomic E-state index is 0.0166. The lowest BCUT2D eigenvalue weighted by Gasteiger charge is -2.26. The number of aliphatic carboxylic acids is 1. The minimum Gasteiger partial charge on any atom is -0.508 e. The molecule has 0 bridgehead atoms. The van der Waals surface area contributed by atoms with Gasteiger partial charge in [-0.05, 0) is 42.0 Å². The van der Waals surface area contributed by atoms with E-state index in [0.717, 1.165) is 0 Å². The van der Waals surface area contributed by atoms with Gasteiger partial charge in [0.1, 0.15) is 23.9 Å². The number of carboxylic acid groups (broad SMARTS) is 1. The SMILES string of the molecule is CCC(C)C(N)C(=O)NC(Cc1ccc(O)cc1)C(=O)NC(CCSC)C(=O)NC(Cc1cnc[nH]1)C(=O)O. The van der Waals surface area contributed by atoms with Crippen LogP contribution in [0.4, 0.5) is 0 Å². The number of aromatic nitrogens is 2. The van der Waals surface area contributed by atoms with Gasteiger partial charge in [-0.1, -0.05) is 32.4 Å². The third-order valence-corrected chi connectivity index (χ3v) is 7.05. The number of nitrogens with zero attached hydrogens (tertiary/aromatic N) is 1. The summed E-state index contributed by atoms with van der Waals surface area (Å²) < 4.78 is 0. The zero-order chi connectivity index (χ0) is 28.9. The maximum absolute atomic E-state index is 13.4. The van der Waals surface area contributed by atoms with Gasteiger partial charge in [0.2, 0.25) is 17.7 Å². The van der Waals surface area contributed by atoms with Crippen LogP contribution in [0, 0.1) is 5.92 Å². The highest BCUT2D eigenvalue weighted by Crippen LogP contribution is 2.13. The van der Waals surface area contributed by atoms with Crippen LogP contribution in [0.3, 0.4) is 0 Å². The van der Waals surface area contributed by atoms with E-state index in [4.69, 9.17) is 5.73 Å². The molecule has 0 spiro atoms. The molecule has 1 aromatic carbocycles. The molecule has 39 heavy (non-hydrogen) atoms. The minimum atomic E-state index is -1.24. The molecule has 5 unspecified atom stereocenters. The van der Waals surface area contributed by atoms with Gasteiger partial charge in [-0.3, -0.25) is 14.4 Å². The van der Waals surface area contributed by atoms with E-state index in [0.29, 0.717) is 23.4 Å². The largest absolute Gasteiger partial charge is 0.508 e. The Hall–Kier alpha value is -3.58. The van der Waals surface area contributed by atoms with Crippen LogP contribution < -0.4 is 21.7 Å². The van der Waals surface area contributed by atoms with E-state index in [1.165, 1.54) is 36.4 Å². The second kappa shape index (κ2) is 15.7. The normalized spacial score (nSPS) is 14.9. The smallest absolute Gasteiger partial charge is 0.326 e. The lowest BCUT2D eigenvalue weighted by Crippen LogP contribution is -2.58. The first-order valence-corrected chi connectivity index (χ1v) is 14.1. The molecule has 0 aliphatic rings. The van der Waals surface area contributed by atoms with Gasteiger partial charge in [0, 0.05) is 24.7 Å². The molecule has 0 fully saturated rings. The first kappa shape index (κ1) is 31.6. The van der Waals surface area contributed by atoms with Crippen molar-refractivity contribution in [3.8, 4) is 5.75 Å². The molecule has 5 atom stereocenters. The lowest BCUT2D eigenvalue weighted by molar-refractivity contribution is -0.142. The molecule has 1 heterocycles. The Kier molecular flexibility index (Phi) is 12.8. The Morgan fingerprint density at radius 3 is 2.18 bits per heavy atom. The molecule has 0 radical (unpaired) electrons. The van der Waals surface area contributed by atoms with Gasteiger partial charge in [-0.25, -0.2) is 9.78 Å². The van der Waals surface area contributed by atoms with E-state index in [2.05, 4.69) is 25.9 Å². The van der Waals surface area contributed by atoms with Crippen LogP contribution in [0.2, 0.25) is 0 Å². The van der Waals surface area contributed by atoms with E-state index in [9.17, 15) is 29.4 Å². The second-order valence-electron chi connectivity index (χ2n) is 9.37. The summed E-state index contributed by atoms with van der Waals surface area (Å²) in [6.45, 7) is 3.74. The third-order valence-electron chi connectivity index (χ3n) is 6.41. The molecule has 0 aliphatic carbocycles. The van der Waals surface area contributed by atoms with Crippen LogP contribution in [0.1, 0.15) is 37.9 Å². The number of imidazole rings is 1. The zero-order valence-electron chi connectivity index (χ0n) is 22.3. The van der Waals surface area contributed by atoms with Crippen LogP contribution in [-0.4, -0.2) is 80.0 Å². The third kappa shape index (κ3) is 10.2. The number of benzene rings is 1. The van der Waals surface area contributed by atoms with Crippen molar-refractivity contribution in [2.75, 3.05) is 12.0 Å². The van der Waals surface area contributed by atoms with Crippen molar-refractivity contribution < 1.29 is 29.4 Å². The van der Waals surface area contributed by atoms with Gasteiger partial charge in [-0.15, -0.1) is 0 Å². The Morgan fingerprint density at radius 1 is 1.00 bits per heavy atom. The van der Waals surface area contributed by atoms with Crippen molar-refractivity contribution in [1.82, 2.24) is 25.9 Å². The number of aromatic amines is 1. The number of carbonyl (C=O) groups is 4. The second-order valence-corrected chi connectivity index (χ2v) is 10.4. The average Bonchev–Trinajstić information content (AvgIpc) is 3.43. The molecular weight excluding hydrogens is 524 g/mol. The summed E-state index contributed by atoms with van der Waals surface area (Å²) >= 11 is 1.47. The van der Waals surface area contributed by atoms with Crippen LogP contribution in [0.25, 0.3) is 0 Å². The summed E-state index contributed by atoms with van der Waals surface area (Å²) in [7, 11) is 0. The molecule has 1 aromatic heterocycles. The number of H-pyrrole nitrogens is 1. The van der Waals surface area contributed by atoms with E-state index in [-0.39, 0.29) is 30.9 Å². The van der Waals surface area contributed by atoms with Crippen LogP contribution in [0.5, 0.6) is 5.75 Å². The van der Waals surface area contributed by atoms with E-state index >= 15 is 0 Å². The predicted octanol–water partition coefficient (Wildman–Crippen LogP) is 0.566. The monoisotopic (exact) mass is 562 g/mol. The number of thioether (sulfide) groups is 1. The molecule has 2 aromatic rings. The highest BCUT2D eigenvalue weighted by molar-refractivity contribution is 7.98.